The van der Waals surface area contributed by atoms with Gasteiger partial charge in [-0.3, -0.25) is 4.79 Å². The summed E-state index contributed by atoms with van der Waals surface area (Å²) >= 11 is 1.80. The Hall–Kier alpha value is -1.81. The van der Waals surface area contributed by atoms with Gasteiger partial charge >= 0.3 is 0 Å². The second-order valence-corrected chi connectivity index (χ2v) is 7.77. The van der Waals surface area contributed by atoms with Crippen molar-refractivity contribution < 1.29 is 9.53 Å². The number of rotatable bonds is 3. The summed E-state index contributed by atoms with van der Waals surface area (Å²) in [5.41, 5.74) is 2.06. The van der Waals surface area contributed by atoms with Crippen LogP contribution in [0.25, 0.3) is 0 Å². The van der Waals surface area contributed by atoms with Crippen LogP contribution < -0.4 is 4.74 Å². The molecule has 1 amide bonds. The van der Waals surface area contributed by atoms with E-state index in [0.29, 0.717) is 6.10 Å². The summed E-state index contributed by atoms with van der Waals surface area (Å²) in [5.74, 6) is 0.997. The topological polar surface area (TPSA) is 29.5 Å². The number of fused-ring (bicyclic) bond motifs is 1. The summed E-state index contributed by atoms with van der Waals surface area (Å²) in [6, 6.07) is 10.0. The number of amides is 1. The van der Waals surface area contributed by atoms with E-state index in [-0.39, 0.29) is 11.9 Å². The molecule has 0 spiro atoms. The fraction of sp³-hybridized carbons (Fsp3) is 0.450. The van der Waals surface area contributed by atoms with Crippen molar-refractivity contribution in [1.29, 1.82) is 0 Å². The van der Waals surface area contributed by atoms with Crippen molar-refractivity contribution in [3.63, 3.8) is 0 Å². The molecule has 1 aliphatic heterocycles. The molecule has 1 fully saturated rings. The molecule has 4 heteroatoms. The smallest absolute Gasteiger partial charge is 0.254 e. The number of carbonyl (C=O) groups excluding carboxylic acids is 1. The molecule has 1 aliphatic carbocycles. The van der Waals surface area contributed by atoms with E-state index in [9.17, 15) is 4.79 Å². The molecule has 1 aromatic carbocycles. The fourth-order valence-corrected chi connectivity index (χ4v) is 4.79. The molecular formula is C20H23NO2S. The summed E-state index contributed by atoms with van der Waals surface area (Å²) in [7, 11) is 0. The molecule has 2 heterocycles. The van der Waals surface area contributed by atoms with Gasteiger partial charge in [0.1, 0.15) is 5.75 Å². The molecular weight excluding hydrogens is 318 g/mol. The van der Waals surface area contributed by atoms with Crippen molar-refractivity contribution in [3.05, 3.63) is 51.7 Å². The van der Waals surface area contributed by atoms with Crippen LogP contribution in [0.3, 0.4) is 0 Å². The Bertz CT molecular complexity index is 715. The first-order chi connectivity index (χ1) is 11.7. The highest BCUT2D eigenvalue weighted by Gasteiger charge is 2.29. The highest BCUT2D eigenvalue weighted by atomic mass is 32.1. The van der Waals surface area contributed by atoms with Crippen LogP contribution in [0.1, 0.15) is 59.4 Å². The van der Waals surface area contributed by atoms with Gasteiger partial charge < -0.3 is 9.64 Å². The molecule has 1 saturated carbocycles. The Morgan fingerprint density at radius 2 is 1.92 bits per heavy atom. The molecule has 1 aromatic heterocycles. The number of nitrogens with zero attached hydrogens (tertiary/aromatic N) is 1. The lowest BCUT2D eigenvalue weighted by Crippen LogP contribution is -2.38. The van der Waals surface area contributed by atoms with E-state index < -0.39 is 0 Å². The SMILES string of the molecule is CC1c2ccsc2CCN1C(=O)c1ccc(OC2CCCC2)cc1. The van der Waals surface area contributed by atoms with E-state index in [1.54, 1.807) is 11.3 Å². The van der Waals surface area contributed by atoms with Gasteiger partial charge in [-0.2, -0.15) is 0 Å². The van der Waals surface area contributed by atoms with Crippen molar-refractivity contribution in [3.8, 4) is 5.75 Å². The monoisotopic (exact) mass is 341 g/mol. The van der Waals surface area contributed by atoms with Crippen LogP contribution in [0, 0.1) is 0 Å². The first-order valence-corrected chi connectivity index (χ1v) is 9.74. The summed E-state index contributed by atoms with van der Waals surface area (Å²) in [6.07, 6.45) is 6.14. The quantitative estimate of drug-likeness (QED) is 0.800. The third-order valence-corrected chi connectivity index (χ3v) is 6.24. The second kappa shape index (κ2) is 6.60. The maximum absolute atomic E-state index is 12.9. The minimum Gasteiger partial charge on any atom is -0.490 e. The molecule has 2 aromatic rings. The van der Waals surface area contributed by atoms with Crippen LogP contribution in [0.4, 0.5) is 0 Å². The fourth-order valence-electron chi connectivity index (χ4n) is 3.83. The molecule has 0 radical (unpaired) electrons. The van der Waals surface area contributed by atoms with Gasteiger partial charge in [-0.05, 0) is 80.3 Å². The number of hydrogen-bond donors (Lipinski definition) is 0. The largest absolute Gasteiger partial charge is 0.490 e. The van der Waals surface area contributed by atoms with Crippen LogP contribution in [-0.2, 0) is 6.42 Å². The third kappa shape index (κ3) is 2.95. The van der Waals surface area contributed by atoms with Gasteiger partial charge in [0.05, 0.1) is 12.1 Å². The number of ether oxygens (including phenoxy) is 1. The predicted molar refractivity (Wildman–Crippen MR) is 96.8 cm³/mol. The van der Waals surface area contributed by atoms with Gasteiger partial charge in [-0.25, -0.2) is 0 Å². The molecule has 126 valence electrons. The average molecular weight is 341 g/mol. The third-order valence-electron chi connectivity index (χ3n) is 5.24. The normalized spacial score (nSPS) is 20.9. The number of carbonyl (C=O) groups is 1. The molecule has 3 nitrogen and oxygen atoms in total. The highest BCUT2D eigenvalue weighted by molar-refractivity contribution is 7.10. The van der Waals surface area contributed by atoms with Crippen molar-refractivity contribution >= 4 is 17.2 Å². The average Bonchev–Trinajstić information content (AvgIpc) is 3.27. The van der Waals surface area contributed by atoms with E-state index in [4.69, 9.17) is 4.74 Å². The molecule has 0 N–H and O–H groups in total. The Kier molecular flexibility index (Phi) is 4.31. The minimum atomic E-state index is 0.117. The van der Waals surface area contributed by atoms with Crippen molar-refractivity contribution in [2.75, 3.05) is 6.54 Å². The summed E-state index contributed by atoms with van der Waals surface area (Å²) in [5, 5.41) is 2.13. The summed E-state index contributed by atoms with van der Waals surface area (Å²) in [4.78, 5) is 16.3. The maximum atomic E-state index is 12.9. The van der Waals surface area contributed by atoms with E-state index >= 15 is 0 Å². The van der Waals surface area contributed by atoms with Gasteiger partial charge in [0.25, 0.3) is 5.91 Å². The predicted octanol–water partition coefficient (Wildman–Crippen LogP) is 4.83. The highest BCUT2D eigenvalue weighted by Crippen LogP contribution is 2.34. The van der Waals surface area contributed by atoms with E-state index in [1.807, 2.05) is 29.2 Å². The van der Waals surface area contributed by atoms with Crippen molar-refractivity contribution in [2.24, 2.45) is 0 Å². The lowest BCUT2D eigenvalue weighted by atomic mass is 10.0. The molecule has 2 aliphatic rings. The second-order valence-electron chi connectivity index (χ2n) is 6.77. The Balaban J connectivity index is 1.46. The van der Waals surface area contributed by atoms with Crippen LogP contribution in [0.5, 0.6) is 5.75 Å². The zero-order valence-electron chi connectivity index (χ0n) is 14.0. The van der Waals surface area contributed by atoms with Gasteiger partial charge in [0.15, 0.2) is 0 Å². The lowest BCUT2D eigenvalue weighted by Gasteiger charge is -2.33. The molecule has 1 atom stereocenters. The minimum absolute atomic E-state index is 0.117. The first-order valence-electron chi connectivity index (χ1n) is 8.86. The maximum Gasteiger partial charge on any atom is 0.254 e. The van der Waals surface area contributed by atoms with E-state index in [1.165, 1.54) is 23.3 Å². The molecule has 0 bridgehead atoms. The van der Waals surface area contributed by atoms with Gasteiger partial charge in [-0.1, -0.05) is 0 Å². The molecule has 0 saturated heterocycles. The lowest BCUT2D eigenvalue weighted by molar-refractivity contribution is 0.0679. The molecule has 1 unspecified atom stereocenters. The Labute approximate surface area is 147 Å². The zero-order chi connectivity index (χ0) is 16.5. The molecule has 4 rings (SSSR count). The van der Waals surface area contributed by atoms with Crippen LogP contribution in [0.15, 0.2) is 35.7 Å². The van der Waals surface area contributed by atoms with Crippen molar-refractivity contribution in [1.82, 2.24) is 4.90 Å². The number of benzene rings is 1. The van der Waals surface area contributed by atoms with Gasteiger partial charge in [0.2, 0.25) is 0 Å². The first kappa shape index (κ1) is 15.7. The van der Waals surface area contributed by atoms with E-state index in [2.05, 4.69) is 18.4 Å². The Morgan fingerprint density at radius 3 is 2.67 bits per heavy atom. The van der Waals surface area contributed by atoms with Gasteiger partial charge in [0, 0.05) is 17.0 Å². The van der Waals surface area contributed by atoms with Crippen LogP contribution in [-0.4, -0.2) is 23.5 Å². The van der Waals surface area contributed by atoms with E-state index in [0.717, 1.165) is 37.1 Å². The van der Waals surface area contributed by atoms with Gasteiger partial charge in [-0.15, -0.1) is 11.3 Å². The van der Waals surface area contributed by atoms with Crippen molar-refractivity contribution in [2.45, 2.75) is 51.2 Å². The van der Waals surface area contributed by atoms with Crippen LogP contribution >= 0.6 is 11.3 Å². The Morgan fingerprint density at radius 1 is 1.17 bits per heavy atom. The van der Waals surface area contributed by atoms with Crippen LogP contribution in [0.2, 0.25) is 0 Å². The standard InChI is InChI=1S/C20H23NO2S/c1-14-18-11-13-24-19(18)10-12-21(14)20(22)15-6-8-17(9-7-15)23-16-4-2-3-5-16/h6-9,11,13-14,16H,2-5,10,12H2,1H3. The zero-order valence-corrected chi connectivity index (χ0v) is 14.8. The summed E-state index contributed by atoms with van der Waals surface area (Å²) < 4.78 is 5.99. The number of hydrogen-bond acceptors (Lipinski definition) is 3. The summed E-state index contributed by atoms with van der Waals surface area (Å²) in [6.45, 7) is 2.92. The number of thiophene rings is 1. The molecule has 24 heavy (non-hydrogen) atoms.